The molecule has 1 amide bonds. The minimum Gasteiger partial charge on any atom is -0.444 e. The molecule has 0 N–H and O–H groups in total. The number of amides is 1. The first-order chi connectivity index (χ1) is 17.1. The maximum atomic E-state index is 12.6. The molecule has 1 atom stereocenters. The molecule has 2 saturated heterocycles. The number of piperidine rings is 2. The van der Waals surface area contributed by atoms with E-state index in [9.17, 15) is 4.79 Å². The molecular formula is C27H43N5O3S. The topological polar surface area (TPSA) is 72.7 Å². The summed E-state index contributed by atoms with van der Waals surface area (Å²) in [5, 5.41) is 0. The molecule has 0 saturated carbocycles. The van der Waals surface area contributed by atoms with Gasteiger partial charge in [0.15, 0.2) is 5.65 Å². The highest BCUT2D eigenvalue weighted by atomic mass is 32.2. The Morgan fingerprint density at radius 2 is 1.81 bits per heavy atom. The van der Waals surface area contributed by atoms with E-state index < -0.39 is 5.60 Å². The molecule has 2 aliphatic rings. The Morgan fingerprint density at radius 1 is 1.14 bits per heavy atom. The maximum Gasteiger partial charge on any atom is 0.410 e. The average Bonchev–Trinajstić information content (AvgIpc) is 3.19. The maximum absolute atomic E-state index is 12.6. The minimum atomic E-state index is -0.479. The third kappa shape index (κ3) is 6.86. The van der Waals surface area contributed by atoms with Gasteiger partial charge in [0.25, 0.3) is 0 Å². The zero-order valence-corrected chi connectivity index (χ0v) is 23.5. The second-order valence-corrected chi connectivity index (χ2v) is 13.3. The highest BCUT2D eigenvalue weighted by molar-refractivity contribution is 8.13. The quantitative estimate of drug-likeness (QED) is 0.393. The molecule has 1 unspecified atom stereocenters. The highest BCUT2D eigenvalue weighted by Crippen LogP contribution is 2.35. The van der Waals surface area contributed by atoms with Gasteiger partial charge in [-0.3, -0.25) is 0 Å². The molecule has 36 heavy (non-hydrogen) atoms. The Bertz CT molecular complexity index is 1060. The summed E-state index contributed by atoms with van der Waals surface area (Å²) in [5.74, 6) is 5.82. The van der Waals surface area contributed by atoms with Crippen LogP contribution in [0, 0.1) is 0 Å². The first kappa shape index (κ1) is 27.1. The predicted molar refractivity (Wildman–Crippen MR) is 148 cm³/mol. The van der Waals surface area contributed by atoms with Gasteiger partial charge >= 0.3 is 6.09 Å². The Hall–Kier alpha value is -1.97. The van der Waals surface area contributed by atoms with E-state index in [0.29, 0.717) is 38.3 Å². The van der Waals surface area contributed by atoms with Crippen LogP contribution in [-0.2, 0) is 16.2 Å². The lowest BCUT2D eigenvalue weighted by Crippen LogP contribution is -2.41. The molecule has 0 spiro atoms. The van der Waals surface area contributed by atoms with Crippen molar-refractivity contribution >= 4 is 33.6 Å². The van der Waals surface area contributed by atoms with Crippen LogP contribution in [0.5, 0.6) is 0 Å². The fourth-order valence-electron chi connectivity index (χ4n) is 5.05. The third-order valence-corrected chi connectivity index (χ3v) is 8.01. The summed E-state index contributed by atoms with van der Waals surface area (Å²) in [4.78, 5) is 26.9. The fourth-order valence-corrected chi connectivity index (χ4v) is 5.45. The molecule has 2 fully saturated rings. The molecule has 2 aliphatic heterocycles. The van der Waals surface area contributed by atoms with E-state index in [0.717, 1.165) is 61.4 Å². The van der Waals surface area contributed by atoms with Gasteiger partial charge in [0, 0.05) is 36.5 Å². The van der Waals surface area contributed by atoms with Crippen molar-refractivity contribution in [2.45, 2.75) is 70.6 Å². The average molecular weight is 518 g/mol. The molecule has 8 nitrogen and oxygen atoms in total. The summed E-state index contributed by atoms with van der Waals surface area (Å²) >= 11 is 0. The summed E-state index contributed by atoms with van der Waals surface area (Å²) in [6.07, 6.45) is 10.1. The van der Waals surface area contributed by atoms with Crippen LogP contribution in [-0.4, -0.2) is 93.7 Å². The van der Waals surface area contributed by atoms with Crippen LogP contribution in [0.2, 0.25) is 0 Å². The van der Waals surface area contributed by atoms with E-state index in [-0.39, 0.29) is 16.6 Å². The van der Waals surface area contributed by atoms with Crippen molar-refractivity contribution in [1.82, 2.24) is 24.3 Å². The van der Waals surface area contributed by atoms with Crippen LogP contribution in [0.3, 0.4) is 0 Å². The van der Waals surface area contributed by atoms with Crippen LogP contribution in [0.25, 0.3) is 11.2 Å². The van der Waals surface area contributed by atoms with Crippen molar-refractivity contribution < 1.29 is 14.3 Å². The molecule has 2 aromatic rings. The van der Waals surface area contributed by atoms with Crippen LogP contribution < -0.4 is 0 Å². The first-order valence-electron chi connectivity index (χ1n) is 13.1. The standard InChI is InChI=1S/C27H43N5O3S/c1-27(2,3)35-26(33)31-13-9-20(10-14-31)22-18-32(19-34-15-16-36(5)6)25-24(22)29-23(17-28-25)21-7-11-30(4)12-8-21/h17-18,20-21H,5,7-16,19H2,1-4,6H3. The predicted octanol–water partition coefficient (Wildman–Crippen LogP) is 4.66. The number of hydrogen-bond donors (Lipinski definition) is 0. The van der Waals surface area contributed by atoms with E-state index in [2.05, 4.69) is 34.8 Å². The van der Waals surface area contributed by atoms with Crippen molar-refractivity contribution in [3.63, 3.8) is 0 Å². The number of fused-ring (bicyclic) bond motifs is 1. The van der Waals surface area contributed by atoms with E-state index >= 15 is 0 Å². The summed E-state index contributed by atoms with van der Waals surface area (Å²) in [7, 11) is 2.30. The molecule has 200 valence electrons. The van der Waals surface area contributed by atoms with Crippen molar-refractivity contribution in [2.75, 3.05) is 51.8 Å². The summed E-state index contributed by atoms with van der Waals surface area (Å²) in [6, 6.07) is 0. The zero-order valence-electron chi connectivity index (χ0n) is 22.7. The van der Waals surface area contributed by atoms with E-state index in [1.165, 1.54) is 5.56 Å². The normalized spacial score (nSPS) is 19.6. The Kier molecular flexibility index (Phi) is 8.73. The van der Waals surface area contributed by atoms with Gasteiger partial charge in [-0.2, -0.15) is 10.5 Å². The van der Waals surface area contributed by atoms with Gasteiger partial charge in [0.1, 0.15) is 17.8 Å². The molecular weight excluding hydrogens is 474 g/mol. The molecule has 0 radical (unpaired) electrons. The van der Waals surface area contributed by atoms with Gasteiger partial charge in [0.05, 0.1) is 18.5 Å². The lowest BCUT2D eigenvalue weighted by atomic mass is 9.90. The summed E-state index contributed by atoms with van der Waals surface area (Å²) < 4.78 is 13.7. The smallest absolute Gasteiger partial charge is 0.410 e. The highest BCUT2D eigenvalue weighted by Gasteiger charge is 2.30. The van der Waals surface area contributed by atoms with E-state index in [1.54, 1.807) is 0 Å². The third-order valence-electron chi connectivity index (χ3n) is 7.14. The van der Waals surface area contributed by atoms with Gasteiger partial charge < -0.3 is 23.8 Å². The van der Waals surface area contributed by atoms with Gasteiger partial charge in [-0.25, -0.2) is 14.8 Å². The minimum absolute atomic E-state index is 0.120. The lowest BCUT2D eigenvalue weighted by Gasteiger charge is -2.33. The molecule has 4 heterocycles. The number of nitrogens with zero attached hydrogens (tertiary/aromatic N) is 5. The molecule has 2 aromatic heterocycles. The zero-order chi connectivity index (χ0) is 25.9. The Morgan fingerprint density at radius 3 is 2.44 bits per heavy atom. The monoisotopic (exact) mass is 517 g/mol. The molecule has 4 rings (SSSR count). The van der Waals surface area contributed by atoms with Gasteiger partial charge in [0.2, 0.25) is 0 Å². The van der Waals surface area contributed by atoms with Crippen LogP contribution in [0.1, 0.15) is 69.5 Å². The molecule has 0 aliphatic carbocycles. The molecule has 0 bridgehead atoms. The molecule has 0 aromatic carbocycles. The fraction of sp³-hybridized carbons (Fsp3) is 0.704. The van der Waals surface area contributed by atoms with Gasteiger partial charge in [-0.15, -0.1) is 0 Å². The van der Waals surface area contributed by atoms with Crippen LogP contribution in [0.15, 0.2) is 12.4 Å². The summed E-state index contributed by atoms with van der Waals surface area (Å²) in [6.45, 7) is 10.5. The van der Waals surface area contributed by atoms with Crippen molar-refractivity contribution in [3.8, 4) is 0 Å². The van der Waals surface area contributed by atoms with Crippen molar-refractivity contribution in [2.24, 2.45) is 0 Å². The lowest BCUT2D eigenvalue weighted by molar-refractivity contribution is 0.0205. The largest absolute Gasteiger partial charge is 0.444 e. The van der Waals surface area contributed by atoms with E-state index in [1.807, 2.05) is 31.9 Å². The van der Waals surface area contributed by atoms with Crippen molar-refractivity contribution in [1.29, 1.82) is 0 Å². The number of likely N-dealkylation sites (tertiary alicyclic amines) is 2. The number of aromatic nitrogens is 3. The van der Waals surface area contributed by atoms with Crippen LogP contribution in [0.4, 0.5) is 4.79 Å². The number of hydrogen-bond acceptors (Lipinski definition) is 6. The van der Waals surface area contributed by atoms with Crippen molar-refractivity contribution in [3.05, 3.63) is 23.7 Å². The number of carbonyl (C=O) groups is 1. The second-order valence-electron chi connectivity index (χ2n) is 11.4. The molecule has 9 heteroatoms. The second kappa shape index (κ2) is 11.6. The first-order valence-corrected chi connectivity index (χ1v) is 15.1. The SMILES string of the molecule is C=S(C)CCOCn1cc(C2CCN(C(=O)OC(C)(C)C)CC2)c2nc(C3CCN(C)CC3)cnc21. The number of carbonyl (C=O) groups excluding carboxylic acids is 1. The van der Waals surface area contributed by atoms with Crippen LogP contribution >= 0.6 is 10.5 Å². The number of rotatable bonds is 7. The van der Waals surface area contributed by atoms with E-state index in [4.69, 9.17) is 19.4 Å². The Balaban J connectivity index is 1.54. The number of ether oxygens (including phenoxy) is 2. The summed E-state index contributed by atoms with van der Waals surface area (Å²) in [5.41, 5.74) is 3.74. The van der Waals surface area contributed by atoms with Gasteiger partial charge in [-0.05, 0) is 78.8 Å². The Labute approximate surface area is 218 Å². The van der Waals surface area contributed by atoms with Gasteiger partial charge in [-0.1, -0.05) is 5.87 Å².